The molecule has 3 rings (SSSR count). The van der Waals surface area contributed by atoms with Crippen LogP contribution in [0.25, 0.3) is 0 Å². The van der Waals surface area contributed by atoms with Crippen molar-refractivity contribution in [2.45, 2.75) is 13.0 Å². The van der Waals surface area contributed by atoms with Crippen LogP contribution in [-0.4, -0.2) is 23.9 Å². The first-order chi connectivity index (χ1) is 13.2. The van der Waals surface area contributed by atoms with Crippen molar-refractivity contribution in [1.29, 1.82) is 0 Å². The Hall–Kier alpha value is -3.36. The highest BCUT2D eigenvalue weighted by Gasteiger charge is 2.34. The van der Waals surface area contributed by atoms with E-state index in [2.05, 4.69) is 10.6 Å². The number of nitrogens with zero attached hydrogens (tertiary/aromatic N) is 1. The zero-order valence-electron chi connectivity index (χ0n) is 14.8. The second-order valence-electron chi connectivity index (χ2n) is 6.20. The summed E-state index contributed by atoms with van der Waals surface area (Å²) in [7, 11) is 1.43. The van der Waals surface area contributed by atoms with E-state index in [9.17, 15) is 27.2 Å². The van der Waals surface area contributed by atoms with E-state index >= 15 is 0 Å². The van der Waals surface area contributed by atoms with E-state index in [1.165, 1.54) is 31.0 Å². The molecule has 0 saturated carbocycles. The van der Waals surface area contributed by atoms with Gasteiger partial charge in [-0.25, -0.2) is 22.4 Å². The van der Waals surface area contributed by atoms with Crippen molar-refractivity contribution in [2.75, 3.05) is 12.4 Å². The number of amides is 3. The summed E-state index contributed by atoms with van der Waals surface area (Å²) in [6.07, 6.45) is 0. The minimum Gasteiger partial charge on any atom is -0.327 e. The first kappa shape index (κ1) is 19.4. The first-order valence-corrected chi connectivity index (χ1v) is 8.15. The zero-order chi connectivity index (χ0) is 20.6. The van der Waals surface area contributed by atoms with Crippen LogP contribution in [0.15, 0.2) is 47.7 Å². The molecule has 0 spiro atoms. The van der Waals surface area contributed by atoms with Gasteiger partial charge in [0.1, 0.15) is 0 Å². The van der Waals surface area contributed by atoms with Crippen LogP contribution in [-0.2, 0) is 4.79 Å². The number of anilines is 1. The van der Waals surface area contributed by atoms with Gasteiger partial charge in [0, 0.05) is 24.5 Å². The third kappa shape index (κ3) is 3.55. The Morgan fingerprint density at radius 2 is 1.61 bits per heavy atom. The lowest BCUT2D eigenvalue weighted by molar-refractivity contribution is -0.113. The molecule has 5 nitrogen and oxygen atoms in total. The van der Waals surface area contributed by atoms with Gasteiger partial charge in [-0.1, -0.05) is 6.07 Å². The van der Waals surface area contributed by atoms with Crippen molar-refractivity contribution < 1.29 is 27.2 Å². The van der Waals surface area contributed by atoms with E-state index in [0.29, 0.717) is 0 Å². The molecular formula is C19H15F4N3O2. The van der Waals surface area contributed by atoms with Crippen LogP contribution in [0.5, 0.6) is 0 Å². The Balaban J connectivity index is 2.01. The topological polar surface area (TPSA) is 61.4 Å². The summed E-state index contributed by atoms with van der Waals surface area (Å²) in [5.74, 6) is -5.14. The fourth-order valence-electron chi connectivity index (χ4n) is 2.84. The molecule has 0 bridgehead atoms. The minimum absolute atomic E-state index is 0.00668. The highest BCUT2D eigenvalue weighted by atomic mass is 19.2. The number of hydrogen-bond acceptors (Lipinski definition) is 2. The molecule has 2 aromatic carbocycles. The van der Waals surface area contributed by atoms with E-state index in [1.807, 2.05) is 0 Å². The number of carbonyl (C=O) groups excluding carboxylic acids is 2. The lowest BCUT2D eigenvalue weighted by Gasteiger charge is -2.33. The quantitative estimate of drug-likeness (QED) is 0.779. The predicted molar refractivity (Wildman–Crippen MR) is 93.1 cm³/mol. The van der Waals surface area contributed by atoms with Crippen LogP contribution < -0.4 is 10.6 Å². The molecule has 2 N–H and O–H groups in total. The molecule has 28 heavy (non-hydrogen) atoms. The Kier molecular flexibility index (Phi) is 5.08. The maximum atomic E-state index is 13.7. The summed E-state index contributed by atoms with van der Waals surface area (Å²) in [5.41, 5.74) is 0.444. The van der Waals surface area contributed by atoms with Gasteiger partial charge in [-0.3, -0.25) is 4.79 Å². The van der Waals surface area contributed by atoms with Crippen molar-refractivity contribution in [3.05, 3.63) is 76.5 Å². The van der Waals surface area contributed by atoms with Gasteiger partial charge >= 0.3 is 6.03 Å². The average Bonchev–Trinajstić information content (AvgIpc) is 2.64. The van der Waals surface area contributed by atoms with E-state index in [4.69, 9.17) is 0 Å². The van der Waals surface area contributed by atoms with Crippen LogP contribution in [0.4, 0.5) is 28.0 Å². The monoisotopic (exact) mass is 393 g/mol. The van der Waals surface area contributed by atoms with Crippen LogP contribution in [0.1, 0.15) is 18.5 Å². The third-order valence-corrected chi connectivity index (χ3v) is 4.45. The molecule has 0 radical (unpaired) electrons. The lowest BCUT2D eigenvalue weighted by atomic mass is 9.94. The molecule has 1 aliphatic heterocycles. The highest BCUT2D eigenvalue weighted by molar-refractivity contribution is 6.06. The average molecular weight is 393 g/mol. The van der Waals surface area contributed by atoms with Crippen molar-refractivity contribution >= 4 is 17.6 Å². The summed E-state index contributed by atoms with van der Waals surface area (Å²) in [6, 6.07) is 4.23. The standard InChI is InChI=1S/C19H15F4N3O2/c1-9-16(18(27)24-11-4-6-13(21)15(23)8-11)17(25-19(28)26(9)2)10-3-5-12(20)14(22)7-10/h3-8,17H,1-2H3,(H,24,27)(H,25,28)/t17-/m1/s1. The highest BCUT2D eigenvalue weighted by Crippen LogP contribution is 2.31. The smallest absolute Gasteiger partial charge is 0.322 e. The Labute approximate surface area is 157 Å². The summed E-state index contributed by atoms with van der Waals surface area (Å²) >= 11 is 0. The van der Waals surface area contributed by atoms with Gasteiger partial charge < -0.3 is 15.5 Å². The van der Waals surface area contributed by atoms with Gasteiger partial charge in [0.2, 0.25) is 0 Å². The maximum absolute atomic E-state index is 13.7. The summed E-state index contributed by atoms with van der Waals surface area (Å²) in [4.78, 5) is 26.1. The molecule has 0 aromatic heterocycles. The third-order valence-electron chi connectivity index (χ3n) is 4.45. The van der Waals surface area contributed by atoms with Gasteiger partial charge in [-0.15, -0.1) is 0 Å². The number of nitrogens with one attached hydrogen (secondary N) is 2. The summed E-state index contributed by atoms with van der Waals surface area (Å²) < 4.78 is 53.4. The molecule has 0 unspecified atom stereocenters. The lowest BCUT2D eigenvalue weighted by Crippen LogP contribution is -2.46. The van der Waals surface area contributed by atoms with Crippen molar-refractivity contribution in [2.24, 2.45) is 0 Å². The molecule has 2 aromatic rings. The van der Waals surface area contributed by atoms with Gasteiger partial charge in [-0.05, 0) is 36.8 Å². The number of hydrogen-bond donors (Lipinski definition) is 2. The molecule has 3 amide bonds. The molecule has 1 aliphatic rings. The van der Waals surface area contributed by atoms with Crippen LogP contribution >= 0.6 is 0 Å². The largest absolute Gasteiger partial charge is 0.327 e. The van der Waals surface area contributed by atoms with Crippen LogP contribution in [0.2, 0.25) is 0 Å². The molecular weight excluding hydrogens is 378 g/mol. The molecule has 0 saturated heterocycles. The molecule has 9 heteroatoms. The van der Waals surface area contributed by atoms with Crippen molar-refractivity contribution in [3.8, 4) is 0 Å². The second-order valence-corrected chi connectivity index (χ2v) is 6.20. The van der Waals surface area contributed by atoms with E-state index in [0.717, 1.165) is 24.3 Å². The number of halogens is 4. The van der Waals surface area contributed by atoms with E-state index < -0.39 is 41.2 Å². The number of rotatable bonds is 3. The summed E-state index contributed by atoms with van der Waals surface area (Å²) in [5, 5.41) is 4.96. The van der Waals surface area contributed by atoms with Gasteiger partial charge in [-0.2, -0.15) is 0 Å². The number of allylic oxidation sites excluding steroid dienone is 1. The molecule has 0 fully saturated rings. The molecule has 0 aliphatic carbocycles. The van der Waals surface area contributed by atoms with Crippen LogP contribution in [0.3, 0.4) is 0 Å². The molecule has 146 valence electrons. The SMILES string of the molecule is CC1=C(C(=O)Nc2ccc(F)c(F)c2)[C@@H](c2ccc(F)c(F)c2)NC(=O)N1C. The number of urea groups is 1. The van der Waals surface area contributed by atoms with Crippen LogP contribution in [0, 0.1) is 23.3 Å². The Morgan fingerprint density at radius 3 is 2.21 bits per heavy atom. The zero-order valence-corrected chi connectivity index (χ0v) is 14.8. The van der Waals surface area contributed by atoms with Gasteiger partial charge in [0.05, 0.1) is 11.6 Å². The molecule has 1 heterocycles. The second kappa shape index (κ2) is 7.34. The molecule has 1 atom stereocenters. The summed E-state index contributed by atoms with van der Waals surface area (Å²) in [6.45, 7) is 1.51. The first-order valence-electron chi connectivity index (χ1n) is 8.15. The number of carbonyl (C=O) groups is 2. The van der Waals surface area contributed by atoms with E-state index in [-0.39, 0.29) is 22.5 Å². The number of benzene rings is 2. The van der Waals surface area contributed by atoms with Crippen molar-refractivity contribution in [3.63, 3.8) is 0 Å². The normalized spacial score (nSPS) is 16.9. The Morgan fingerprint density at radius 1 is 1.00 bits per heavy atom. The fourth-order valence-corrected chi connectivity index (χ4v) is 2.84. The van der Waals surface area contributed by atoms with Gasteiger partial charge in [0.15, 0.2) is 23.3 Å². The Bertz CT molecular complexity index is 1010. The fraction of sp³-hybridized carbons (Fsp3) is 0.158. The predicted octanol–water partition coefficient (Wildman–Crippen LogP) is 3.85. The van der Waals surface area contributed by atoms with Crippen molar-refractivity contribution in [1.82, 2.24) is 10.2 Å². The van der Waals surface area contributed by atoms with Gasteiger partial charge in [0.25, 0.3) is 5.91 Å². The minimum atomic E-state index is -1.14. The maximum Gasteiger partial charge on any atom is 0.322 e. The van der Waals surface area contributed by atoms with E-state index in [1.54, 1.807) is 0 Å².